The van der Waals surface area contributed by atoms with Gasteiger partial charge in [-0.2, -0.15) is 0 Å². The minimum Gasteiger partial charge on any atom is -0.482 e. The lowest BCUT2D eigenvalue weighted by Crippen LogP contribution is -2.16. The lowest BCUT2D eigenvalue weighted by atomic mass is 10.1. The highest BCUT2D eigenvalue weighted by atomic mass is 16.6. The van der Waals surface area contributed by atoms with Crippen LogP contribution in [0, 0.1) is 13.8 Å². The zero-order chi connectivity index (χ0) is 18.9. The lowest BCUT2D eigenvalue weighted by molar-refractivity contribution is -0.146. The molecule has 0 aliphatic rings. The molecule has 0 radical (unpaired) electrons. The zero-order valence-electron chi connectivity index (χ0n) is 15.5. The van der Waals surface area contributed by atoms with E-state index in [0.29, 0.717) is 17.9 Å². The number of benzene rings is 2. The van der Waals surface area contributed by atoms with Crippen LogP contribution in [0.3, 0.4) is 0 Å². The first-order valence-corrected chi connectivity index (χ1v) is 8.77. The van der Waals surface area contributed by atoms with Gasteiger partial charge in [-0.25, -0.2) is 4.79 Å². The van der Waals surface area contributed by atoms with Crippen LogP contribution in [0.4, 0.5) is 5.69 Å². The van der Waals surface area contributed by atoms with Crippen molar-refractivity contribution in [2.45, 2.75) is 33.6 Å². The Morgan fingerprint density at radius 3 is 2.46 bits per heavy atom. The van der Waals surface area contributed by atoms with E-state index >= 15 is 0 Å². The van der Waals surface area contributed by atoms with Crippen molar-refractivity contribution in [2.24, 2.45) is 0 Å². The number of aryl methyl sites for hydroxylation is 1. The smallest absolute Gasteiger partial charge is 0.344 e. The van der Waals surface area contributed by atoms with Crippen LogP contribution < -0.4 is 10.1 Å². The first-order valence-electron chi connectivity index (χ1n) is 8.77. The summed E-state index contributed by atoms with van der Waals surface area (Å²) in [6, 6.07) is 12.5. The summed E-state index contributed by atoms with van der Waals surface area (Å²) in [6.07, 6.45) is 1.82. The van der Waals surface area contributed by atoms with E-state index in [1.807, 2.05) is 39.0 Å². The minimum absolute atomic E-state index is 0.141. The van der Waals surface area contributed by atoms with Crippen molar-refractivity contribution in [3.8, 4) is 5.75 Å². The number of hydrogen-bond donors (Lipinski definition) is 1. The highest BCUT2D eigenvalue weighted by molar-refractivity contribution is 6.04. The molecule has 138 valence electrons. The van der Waals surface area contributed by atoms with E-state index in [2.05, 4.69) is 5.32 Å². The Hall–Kier alpha value is -2.82. The number of carbonyl (C=O) groups is 2. The normalized spacial score (nSPS) is 10.3. The number of amides is 1. The molecule has 0 aliphatic heterocycles. The van der Waals surface area contributed by atoms with Gasteiger partial charge in [0.2, 0.25) is 0 Å². The number of nitrogens with one attached hydrogen (secondary N) is 1. The van der Waals surface area contributed by atoms with Gasteiger partial charge in [0, 0.05) is 11.3 Å². The Labute approximate surface area is 154 Å². The molecule has 0 aliphatic carbocycles. The van der Waals surface area contributed by atoms with Gasteiger partial charge in [0.25, 0.3) is 5.91 Å². The quantitative estimate of drug-likeness (QED) is 0.567. The Morgan fingerprint density at radius 1 is 1.04 bits per heavy atom. The number of hydrogen-bond acceptors (Lipinski definition) is 4. The Bertz CT molecular complexity index is 753. The molecule has 0 fully saturated rings. The van der Waals surface area contributed by atoms with Crippen molar-refractivity contribution in [3.63, 3.8) is 0 Å². The fourth-order valence-corrected chi connectivity index (χ4v) is 2.30. The third-order valence-corrected chi connectivity index (χ3v) is 4.09. The van der Waals surface area contributed by atoms with Gasteiger partial charge in [-0.1, -0.05) is 25.5 Å². The topological polar surface area (TPSA) is 64.6 Å². The first-order chi connectivity index (χ1) is 12.5. The van der Waals surface area contributed by atoms with Gasteiger partial charge in [0.15, 0.2) is 6.61 Å². The number of esters is 1. The van der Waals surface area contributed by atoms with Gasteiger partial charge < -0.3 is 14.8 Å². The highest BCUT2D eigenvalue weighted by Gasteiger charge is 2.09. The summed E-state index contributed by atoms with van der Waals surface area (Å²) in [4.78, 5) is 23.9. The maximum absolute atomic E-state index is 12.4. The molecule has 0 saturated carbocycles. The first kappa shape index (κ1) is 19.5. The van der Waals surface area contributed by atoms with Crippen LogP contribution in [-0.2, 0) is 9.53 Å². The number of ether oxygens (including phenoxy) is 2. The summed E-state index contributed by atoms with van der Waals surface area (Å²) < 4.78 is 10.4. The Morgan fingerprint density at radius 2 is 1.77 bits per heavy atom. The van der Waals surface area contributed by atoms with Gasteiger partial charge >= 0.3 is 5.97 Å². The molecule has 2 aromatic rings. The summed E-state index contributed by atoms with van der Waals surface area (Å²) in [5.74, 6) is -0.0693. The summed E-state index contributed by atoms with van der Waals surface area (Å²) in [5.41, 5.74) is 3.48. The summed E-state index contributed by atoms with van der Waals surface area (Å²) >= 11 is 0. The molecule has 26 heavy (non-hydrogen) atoms. The van der Waals surface area contributed by atoms with Crippen molar-refractivity contribution in [1.29, 1.82) is 0 Å². The van der Waals surface area contributed by atoms with E-state index < -0.39 is 5.97 Å². The molecule has 0 atom stereocenters. The standard InChI is InChI=1S/C21H25NO4/c1-4-5-13-25-20(23)14-26-18-11-9-17(10-12-18)21(24)22-19-8-6-7-15(2)16(19)3/h6-12H,4-5,13-14H2,1-3H3,(H,22,24). The van der Waals surface area contributed by atoms with Gasteiger partial charge in [-0.15, -0.1) is 0 Å². The predicted molar refractivity (Wildman–Crippen MR) is 102 cm³/mol. The number of unbranched alkanes of at least 4 members (excludes halogenated alkanes) is 1. The van der Waals surface area contributed by atoms with Crippen molar-refractivity contribution in [3.05, 3.63) is 59.2 Å². The van der Waals surface area contributed by atoms with Crippen molar-refractivity contribution in [2.75, 3.05) is 18.5 Å². The molecule has 0 aromatic heterocycles. The molecular weight excluding hydrogens is 330 g/mol. The molecule has 1 amide bonds. The SMILES string of the molecule is CCCCOC(=O)COc1ccc(C(=O)Nc2cccc(C)c2C)cc1. The summed E-state index contributed by atoms with van der Waals surface area (Å²) in [6.45, 7) is 6.28. The average Bonchev–Trinajstić information content (AvgIpc) is 2.64. The second kappa shape index (κ2) is 9.61. The van der Waals surface area contributed by atoms with E-state index in [1.54, 1.807) is 24.3 Å². The summed E-state index contributed by atoms with van der Waals surface area (Å²) in [7, 11) is 0. The van der Waals surface area contributed by atoms with Gasteiger partial charge in [-0.05, 0) is 61.7 Å². The molecule has 0 unspecified atom stereocenters. The van der Waals surface area contributed by atoms with Crippen molar-refractivity contribution >= 4 is 17.6 Å². The Kier molecular flexibility index (Phi) is 7.21. The molecule has 0 spiro atoms. The highest BCUT2D eigenvalue weighted by Crippen LogP contribution is 2.19. The predicted octanol–water partition coefficient (Wildman–Crippen LogP) is 4.28. The molecule has 2 aromatic carbocycles. The van der Waals surface area contributed by atoms with E-state index in [4.69, 9.17) is 9.47 Å². The molecule has 5 heteroatoms. The van der Waals surface area contributed by atoms with Gasteiger partial charge in [0.05, 0.1) is 6.61 Å². The fourth-order valence-electron chi connectivity index (χ4n) is 2.30. The molecule has 2 rings (SSSR count). The average molecular weight is 355 g/mol. The van der Waals surface area contributed by atoms with Crippen LogP contribution in [0.25, 0.3) is 0 Å². The summed E-state index contributed by atoms with van der Waals surface area (Å²) in [5, 5.41) is 2.91. The monoisotopic (exact) mass is 355 g/mol. The third-order valence-electron chi connectivity index (χ3n) is 4.09. The molecule has 5 nitrogen and oxygen atoms in total. The molecule has 0 heterocycles. The van der Waals surface area contributed by atoms with E-state index in [1.165, 1.54) is 0 Å². The zero-order valence-corrected chi connectivity index (χ0v) is 15.5. The van der Waals surface area contributed by atoms with E-state index in [0.717, 1.165) is 29.7 Å². The van der Waals surface area contributed by atoms with Crippen LogP contribution in [-0.4, -0.2) is 25.1 Å². The number of anilines is 1. The van der Waals surface area contributed by atoms with Gasteiger partial charge in [-0.3, -0.25) is 4.79 Å². The fraction of sp³-hybridized carbons (Fsp3) is 0.333. The van der Waals surface area contributed by atoms with Crippen molar-refractivity contribution in [1.82, 2.24) is 0 Å². The van der Waals surface area contributed by atoms with E-state index in [9.17, 15) is 9.59 Å². The lowest BCUT2D eigenvalue weighted by Gasteiger charge is -2.11. The van der Waals surface area contributed by atoms with Crippen LogP contribution in [0.5, 0.6) is 5.75 Å². The van der Waals surface area contributed by atoms with Crippen molar-refractivity contribution < 1.29 is 19.1 Å². The maximum Gasteiger partial charge on any atom is 0.344 e. The molecule has 0 bridgehead atoms. The van der Waals surface area contributed by atoms with Crippen LogP contribution >= 0.6 is 0 Å². The Balaban J connectivity index is 1.89. The van der Waals surface area contributed by atoms with E-state index in [-0.39, 0.29) is 12.5 Å². The molecule has 1 N–H and O–H groups in total. The van der Waals surface area contributed by atoms with Gasteiger partial charge in [0.1, 0.15) is 5.75 Å². The van der Waals surface area contributed by atoms with Crippen LogP contribution in [0.2, 0.25) is 0 Å². The number of rotatable bonds is 8. The van der Waals surface area contributed by atoms with Crippen LogP contribution in [0.15, 0.2) is 42.5 Å². The van der Waals surface area contributed by atoms with Crippen LogP contribution in [0.1, 0.15) is 41.3 Å². The largest absolute Gasteiger partial charge is 0.482 e. The third kappa shape index (κ3) is 5.62. The molecular formula is C21H25NO4. The molecule has 0 saturated heterocycles. The number of carbonyl (C=O) groups excluding carboxylic acids is 2. The second-order valence-electron chi connectivity index (χ2n) is 6.09. The second-order valence-corrected chi connectivity index (χ2v) is 6.09. The minimum atomic E-state index is -0.393. The maximum atomic E-state index is 12.4.